The molecule has 112 valence electrons. The smallest absolute Gasteiger partial charge is 0.0866 e. The fourth-order valence-corrected chi connectivity index (χ4v) is 2.72. The second-order valence-corrected chi connectivity index (χ2v) is 6.56. The summed E-state index contributed by atoms with van der Waals surface area (Å²) in [5, 5.41) is 13.4. The zero-order chi connectivity index (χ0) is 15.2. The van der Waals surface area contributed by atoms with Crippen molar-refractivity contribution in [3.8, 4) is 0 Å². The molecule has 0 aliphatic rings. The minimum atomic E-state index is -0.579. The lowest BCUT2D eigenvalue weighted by Crippen LogP contribution is -2.41. The molecule has 0 amide bonds. The summed E-state index contributed by atoms with van der Waals surface area (Å²) in [7, 11) is 0. The standard InChI is InChI=1S/C17H21IN2O/c1-12-5-7-15(8-6-12)20-11-17(21)16(19)10-13-3-2-4-14(18)9-13/h2-9,16-17,20-21H,10-11,19H2,1H3/t16-,17+/m0/s1. The summed E-state index contributed by atoms with van der Waals surface area (Å²) in [6.45, 7) is 2.50. The van der Waals surface area contributed by atoms with E-state index in [0.29, 0.717) is 13.0 Å². The molecule has 0 radical (unpaired) electrons. The van der Waals surface area contributed by atoms with Gasteiger partial charge in [0.2, 0.25) is 0 Å². The lowest BCUT2D eigenvalue weighted by Gasteiger charge is -2.20. The average molecular weight is 396 g/mol. The van der Waals surface area contributed by atoms with Crippen LogP contribution in [0.4, 0.5) is 5.69 Å². The quantitative estimate of drug-likeness (QED) is 0.659. The number of hydrogen-bond acceptors (Lipinski definition) is 3. The molecule has 0 saturated heterocycles. The first-order valence-corrected chi connectivity index (χ1v) is 8.11. The Kier molecular flexibility index (Phi) is 6.02. The van der Waals surface area contributed by atoms with Crippen LogP contribution in [0.5, 0.6) is 0 Å². The number of aryl methyl sites for hydroxylation is 1. The molecule has 0 fully saturated rings. The molecule has 2 rings (SSSR count). The van der Waals surface area contributed by atoms with Crippen LogP contribution in [-0.2, 0) is 6.42 Å². The maximum absolute atomic E-state index is 10.2. The summed E-state index contributed by atoms with van der Waals surface area (Å²) in [6.07, 6.45) is 0.0947. The number of benzene rings is 2. The SMILES string of the molecule is Cc1ccc(NC[C@@H](O)[C@@H](N)Cc2cccc(I)c2)cc1. The second-order valence-electron chi connectivity index (χ2n) is 5.31. The van der Waals surface area contributed by atoms with Crippen molar-refractivity contribution in [2.75, 3.05) is 11.9 Å². The summed E-state index contributed by atoms with van der Waals surface area (Å²) in [5.41, 5.74) is 9.47. The van der Waals surface area contributed by atoms with Crippen molar-refractivity contribution < 1.29 is 5.11 Å². The van der Waals surface area contributed by atoms with Gasteiger partial charge >= 0.3 is 0 Å². The number of nitrogens with two attached hydrogens (primary N) is 1. The van der Waals surface area contributed by atoms with Crippen molar-refractivity contribution >= 4 is 28.3 Å². The van der Waals surface area contributed by atoms with Crippen molar-refractivity contribution in [2.24, 2.45) is 5.73 Å². The van der Waals surface area contributed by atoms with E-state index in [9.17, 15) is 5.11 Å². The third kappa shape index (κ3) is 5.30. The Morgan fingerprint density at radius 2 is 1.90 bits per heavy atom. The van der Waals surface area contributed by atoms with E-state index in [-0.39, 0.29) is 6.04 Å². The number of halogens is 1. The Morgan fingerprint density at radius 1 is 1.19 bits per heavy atom. The van der Waals surface area contributed by atoms with Crippen molar-refractivity contribution in [1.29, 1.82) is 0 Å². The fourth-order valence-electron chi connectivity index (χ4n) is 2.12. The van der Waals surface area contributed by atoms with Gasteiger partial charge in [-0.15, -0.1) is 0 Å². The van der Waals surface area contributed by atoms with E-state index in [1.807, 2.05) is 42.5 Å². The molecule has 0 heterocycles. The van der Waals surface area contributed by atoms with Crippen molar-refractivity contribution in [2.45, 2.75) is 25.5 Å². The van der Waals surface area contributed by atoms with Gasteiger partial charge in [0, 0.05) is 21.8 Å². The van der Waals surface area contributed by atoms with Crippen LogP contribution >= 0.6 is 22.6 Å². The summed E-state index contributed by atoms with van der Waals surface area (Å²) in [6, 6.07) is 16.0. The average Bonchev–Trinajstić information content (AvgIpc) is 2.46. The Hall–Kier alpha value is -1.11. The molecular weight excluding hydrogens is 375 g/mol. The van der Waals surface area contributed by atoms with Crippen LogP contribution in [0.2, 0.25) is 0 Å². The van der Waals surface area contributed by atoms with E-state index in [1.165, 1.54) is 9.13 Å². The Bertz CT molecular complexity index is 571. The van der Waals surface area contributed by atoms with E-state index < -0.39 is 6.10 Å². The maximum Gasteiger partial charge on any atom is 0.0866 e. The normalized spacial score (nSPS) is 13.7. The van der Waals surface area contributed by atoms with Crippen LogP contribution in [0.25, 0.3) is 0 Å². The van der Waals surface area contributed by atoms with Gasteiger partial charge in [-0.1, -0.05) is 29.8 Å². The van der Waals surface area contributed by atoms with Crippen molar-refractivity contribution in [3.63, 3.8) is 0 Å². The topological polar surface area (TPSA) is 58.3 Å². The minimum absolute atomic E-state index is 0.277. The van der Waals surface area contributed by atoms with E-state index in [4.69, 9.17) is 5.73 Å². The third-order valence-electron chi connectivity index (χ3n) is 3.42. The van der Waals surface area contributed by atoms with Crippen LogP contribution in [0, 0.1) is 10.5 Å². The Morgan fingerprint density at radius 3 is 2.57 bits per heavy atom. The summed E-state index contributed by atoms with van der Waals surface area (Å²) in [5.74, 6) is 0. The minimum Gasteiger partial charge on any atom is -0.390 e. The van der Waals surface area contributed by atoms with E-state index in [0.717, 1.165) is 11.3 Å². The maximum atomic E-state index is 10.2. The van der Waals surface area contributed by atoms with Gasteiger partial charge in [0.25, 0.3) is 0 Å². The predicted molar refractivity (Wildman–Crippen MR) is 96.5 cm³/mol. The number of rotatable bonds is 6. The van der Waals surface area contributed by atoms with Gasteiger partial charge in [-0.05, 0) is 65.8 Å². The van der Waals surface area contributed by atoms with Gasteiger partial charge in [0.05, 0.1) is 6.10 Å². The zero-order valence-corrected chi connectivity index (χ0v) is 14.2. The highest BCUT2D eigenvalue weighted by molar-refractivity contribution is 14.1. The predicted octanol–water partition coefficient (Wildman–Crippen LogP) is 2.94. The number of anilines is 1. The summed E-state index contributed by atoms with van der Waals surface area (Å²) < 4.78 is 1.18. The second kappa shape index (κ2) is 7.77. The van der Waals surface area contributed by atoms with Crippen LogP contribution in [0.1, 0.15) is 11.1 Å². The van der Waals surface area contributed by atoms with Gasteiger partial charge in [-0.3, -0.25) is 0 Å². The first kappa shape index (κ1) is 16.3. The van der Waals surface area contributed by atoms with Crippen LogP contribution in [0.3, 0.4) is 0 Å². The molecule has 21 heavy (non-hydrogen) atoms. The highest BCUT2D eigenvalue weighted by Gasteiger charge is 2.15. The largest absolute Gasteiger partial charge is 0.390 e. The Labute approximate surface area is 139 Å². The van der Waals surface area contributed by atoms with Gasteiger partial charge in [-0.25, -0.2) is 0 Å². The number of aliphatic hydroxyl groups is 1. The lowest BCUT2D eigenvalue weighted by molar-refractivity contribution is 0.156. The fraction of sp³-hybridized carbons (Fsp3) is 0.294. The van der Waals surface area contributed by atoms with Crippen molar-refractivity contribution in [3.05, 3.63) is 63.2 Å². The molecule has 0 aliphatic carbocycles. The molecule has 4 heteroatoms. The highest BCUT2D eigenvalue weighted by atomic mass is 127. The van der Waals surface area contributed by atoms with Crippen molar-refractivity contribution in [1.82, 2.24) is 0 Å². The molecule has 4 N–H and O–H groups in total. The van der Waals surface area contributed by atoms with Gasteiger partial charge < -0.3 is 16.2 Å². The number of hydrogen-bond donors (Lipinski definition) is 3. The highest BCUT2D eigenvalue weighted by Crippen LogP contribution is 2.12. The van der Waals surface area contributed by atoms with E-state index >= 15 is 0 Å². The zero-order valence-electron chi connectivity index (χ0n) is 12.1. The first-order chi connectivity index (χ1) is 10.0. The number of nitrogens with one attached hydrogen (secondary N) is 1. The molecule has 2 atom stereocenters. The third-order valence-corrected chi connectivity index (χ3v) is 4.09. The van der Waals surface area contributed by atoms with Gasteiger partial charge in [0.15, 0.2) is 0 Å². The molecule has 0 unspecified atom stereocenters. The molecule has 0 spiro atoms. The summed E-state index contributed by atoms with van der Waals surface area (Å²) in [4.78, 5) is 0. The molecule has 3 nitrogen and oxygen atoms in total. The number of aliphatic hydroxyl groups excluding tert-OH is 1. The van der Waals surface area contributed by atoms with Crippen LogP contribution in [0.15, 0.2) is 48.5 Å². The molecule has 0 saturated carbocycles. The summed E-state index contributed by atoms with van der Waals surface area (Å²) >= 11 is 2.28. The van der Waals surface area contributed by atoms with E-state index in [1.54, 1.807) is 0 Å². The van der Waals surface area contributed by atoms with Gasteiger partial charge in [0.1, 0.15) is 0 Å². The van der Waals surface area contributed by atoms with Gasteiger partial charge in [-0.2, -0.15) is 0 Å². The lowest BCUT2D eigenvalue weighted by atomic mass is 10.0. The molecule has 0 aromatic heterocycles. The molecule has 0 bridgehead atoms. The molecule has 0 aliphatic heterocycles. The Balaban J connectivity index is 1.84. The van der Waals surface area contributed by atoms with E-state index in [2.05, 4.69) is 40.9 Å². The first-order valence-electron chi connectivity index (χ1n) is 7.03. The van der Waals surface area contributed by atoms with Crippen LogP contribution in [-0.4, -0.2) is 23.8 Å². The van der Waals surface area contributed by atoms with Crippen LogP contribution < -0.4 is 11.1 Å². The monoisotopic (exact) mass is 396 g/mol. The molecule has 2 aromatic rings. The molecular formula is C17H21IN2O. The molecule has 2 aromatic carbocycles.